The van der Waals surface area contributed by atoms with Crippen LogP contribution in [-0.2, 0) is 4.79 Å². The van der Waals surface area contributed by atoms with Crippen molar-refractivity contribution in [3.05, 3.63) is 65.5 Å². The summed E-state index contributed by atoms with van der Waals surface area (Å²) in [5.74, 6) is -0.234. The summed E-state index contributed by atoms with van der Waals surface area (Å²) in [5.41, 5.74) is 2.28. The fourth-order valence-electron chi connectivity index (χ4n) is 3.83. The molecule has 1 saturated heterocycles. The van der Waals surface area contributed by atoms with E-state index in [2.05, 4.69) is 19.2 Å². The highest BCUT2D eigenvalue weighted by molar-refractivity contribution is 5.97. The maximum atomic E-state index is 14.1. The highest BCUT2D eigenvalue weighted by Crippen LogP contribution is 2.21. The first kappa shape index (κ1) is 22.8. The summed E-state index contributed by atoms with van der Waals surface area (Å²) < 4.78 is 14.1. The average molecular weight is 426 g/mol. The van der Waals surface area contributed by atoms with Gasteiger partial charge >= 0.3 is 0 Å². The molecule has 1 N–H and O–H groups in total. The standard InChI is InChI=1S/C25H32FN3O2/c1-17(2)19-9-11-20(12-10-19)24(30)27-23(18(3)4)25(31)29-15-13-28(14-16-29)22-8-6-5-7-21(22)26/h5-12,17-18,23H,13-16H2,1-4H3,(H,27,30)/t23-/m0/s1. The largest absolute Gasteiger partial charge is 0.366 e. The number of halogens is 1. The Morgan fingerprint density at radius 2 is 1.52 bits per heavy atom. The van der Waals surface area contributed by atoms with Crippen LogP contribution in [0.2, 0.25) is 0 Å². The third-order valence-electron chi connectivity index (χ3n) is 5.84. The normalized spacial score (nSPS) is 15.3. The number of nitrogens with zero attached hydrogens (tertiary/aromatic N) is 2. The number of piperazine rings is 1. The lowest BCUT2D eigenvalue weighted by Gasteiger charge is -2.38. The van der Waals surface area contributed by atoms with Gasteiger partial charge in [-0.15, -0.1) is 0 Å². The van der Waals surface area contributed by atoms with Crippen LogP contribution in [0.1, 0.15) is 49.5 Å². The van der Waals surface area contributed by atoms with Crippen molar-refractivity contribution in [2.24, 2.45) is 5.92 Å². The zero-order valence-electron chi connectivity index (χ0n) is 18.8. The molecule has 2 amide bonds. The number of anilines is 1. The molecule has 1 fully saturated rings. The molecule has 0 aliphatic carbocycles. The molecule has 5 nitrogen and oxygen atoms in total. The van der Waals surface area contributed by atoms with Crippen LogP contribution in [0.4, 0.5) is 10.1 Å². The maximum absolute atomic E-state index is 14.1. The summed E-state index contributed by atoms with van der Waals surface area (Å²) in [7, 11) is 0. The van der Waals surface area contributed by atoms with E-state index in [0.29, 0.717) is 43.3 Å². The molecule has 166 valence electrons. The van der Waals surface area contributed by atoms with E-state index >= 15 is 0 Å². The van der Waals surface area contributed by atoms with Crippen LogP contribution >= 0.6 is 0 Å². The summed E-state index contributed by atoms with van der Waals surface area (Å²) in [5, 5.41) is 2.93. The second-order valence-corrected chi connectivity index (χ2v) is 8.74. The average Bonchev–Trinajstić information content (AvgIpc) is 2.77. The topological polar surface area (TPSA) is 52.7 Å². The number of hydrogen-bond acceptors (Lipinski definition) is 3. The molecule has 0 saturated carbocycles. The molecule has 31 heavy (non-hydrogen) atoms. The van der Waals surface area contributed by atoms with Gasteiger partial charge in [-0.3, -0.25) is 9.59 Å². The molecule has 0 bridgehead atoms. The zero-order chi connectivity index (χ0) is 22.5. The number of amides is 2. The number of carbonyl (C=O) groups excluding carboxylic acids is 2. The first-order valence-corrected chi connectivity index (χ1v) is 11.0. The number of benzene rings is 2. The third kappa shape index (κ3) is 5.43. The van der Waals surface area contributed by atoms with Crippen LogP contribution in [0.3, 0.4) is 0 Å². The van der Waals surface area contributed by atoms with Gasteiger partial charge in [0.1, 0.15) is 11.9 Å². The van der Waals surface area contributed by atoms with Gasteiger partial charge in [-0.1, -0.05) is 52.0 Å². The van der Waals surface area contributed by atoms with Crippen LogP contribution in [-0.4, -0.2) is 48.9 Å². The van der Waals surface area contributed by atoms with Crippen molar-refractivity contribution < 1.29 is 14.0 Å². The van der Waals surface area contributed by atoms with Gasteiger partial charge in [-0.2, -0.15) is 0 Å². The van der Waals surface area contributed by atoms with E-state index in [1.807, 2.05) is 36.9 Å². The minimum absolute atomic E-state index is 0.0454. The molecular weight excluding hydrogens is 393 g/mol. The lowest BCUT2D eigenvalue weighted by Crippen LogP contribution is -2.56. The number of nitrogens with one attached hydrogen (secondary N) is 1. The molecule has 2 aromatic rings. The Morgan fingerprint density at radius 3 is 2.06 bits per heavy atom. The van der Waals surface area contributed by atoms with Crippen LogP contribution < -0.4 is 10.2 Å². The molecular formula is C25H32FN3O2. The van der Waals surface area contributed by atoms with E-state index in [1.54, 1.807) is 29.2 Å². The van der Waals surface area contributed by atoms with Crippen LogP contribution in [0, 0.1) is 11.7 Å². The summed E-state index contributed by atoms with van der Waals surface area (Å²) in [6, 6.07) is 13.6. The van der Waals surface area contributed by atoms with Crippen molar-refractivity contribution in [3.63, 3.8) is 0 Å². The molecule has 2 aromatic carbocycles. The predicted molar refractivity (Wildman–Crippen MR) is 122 cm³/mol. The lowest BCUT2D eigenvalue weighted by atomic mass is 10.00. The second kappa shape index (κ2) is 9.94. The second-order valence-electron chi connectivity index (χ2n) is 8.74. The Morgan fingerprint density at radius 1 is 0.903 bits per heavy atom. The van der Waals surface area contributed by atoms with Gasteiger partial charge in [-0.25, -0.2) is 4.39 Å². The summed E-state index contributed by atoms with van der Waals surface area (Å²) in [6.07, 6.45) is 0. The lowest BCUT2D eigenvalue weighted by molar-refractivity contribution is -0.134. The quantitative estimate of drug-likeness (QED) is 0.760. The number of para-hydroxylation sites is 1. The maximum Gasteiger partial charge on any atom is 0.251 e. The van der Waals surface area contributed by atoms with Gasteiger partial charge in [0.25, 0.3) is 5.91 Å². The summed E-state index contributed by atoms with van der Waals surface area (Å²) in [4.78, 5) is 29.7. The van der Waals surface area contributed by atoms with Gasteiger partial charge in [-0.05, 0) is 41.7 Å². The monoisotopic (exact) mass is 425 g/mol. The van der Waals surface area contributed by atoms with Crippen molar-refractivity contribution in [1.29, 1.82) is 0 Å². The van der Waals surface area contributed by atoms with Gasteiger partial charge in [0, 0.05) is 31.7 Å². The van der Waals surface area contributed by atoms with Crippen molar-refractivity contribution in [3.8, 4) is 0 Å². The highest BCUT2D eigenvalue weighted by Gasteiger charge is 2.31. The molecule has 1 aliphatic heterocycles. The number of hydrogen-bond donors (Lipinski definition) is 1. The Bertz CT molecular complexity index is 903. The molecule has 6 heteroatoms. The molecule has 0 spiro atoms. The minimum Gasteiger partial charge on any atom is -0.366 e. The molecule has 1 heterocycles. The fraction of sp³-hybridized carbons (Fsp3) is 0.440. The van der Waals surface area contributed by atoms with Crippen molar-refractivity contribution in [2.75, 3.05) is 31.1 Å². The Hall–Kier alpha value is -2.89. The van der Waals surface area contributed by atoms with E-state index in [0.717, 1.165) is 0 Å². The van der Waals surface area contributed by atoms with Crippen molar-refractivity contribution in [1.82, 2.24) is 10.2 Å². The molecule has 0 radical (unpaired) electrons. The smallest absolute Gasteiger partial charge is 0.251 e. The Labute approximate surface area is 184 Å². The van der Waals surface area contributed by atoms with E-state index in [4.69, 9.17) is 0 Å². The number of carbonyl (C=O) groups is 2. The zero-order valence-corrected chi connectivity index (χ0v) is 18.8. The van der Waals surface area contributed by atoms with Crippen LogP contribution in [0.5, 0.6) is 0 Å². The molecule has 0 unspecified atom stereocenters. The molecule has 1 aliphatic rings. The first-order chi connectivity index (χ1) is 14.8. The molecule has 0 aromatic heterocycles. The third-order valence-corrected chi connectivity index (χ3v) is 5.84. The van der Waals surface area contributed by atoms with Gasteiger partial charge in [0.15, 0.2) is 0 Å². The Kier molecular flexibility index (Phi) is 7.31. The summed E-state index contributed by atoms with van der Waals surface area (Å²) >= 11 is 0. The van der Waals surface area contributed by atoms with Gasteiger partial charge in [0.2, 0.25) is 5.91 Å². The Balaban J connectivity index is 1.63. The van der Waals surface area contributed by atoms with Crippen LogP contribution in [0.25, 0.3) is 0 Å². The molecule has 3 rings (SSSR count). The fourth-order valence-corrected chi connectivity index (χ4v) is 3.83. The highest BCUT2D eigenvalue weighted by atomic mass is 19.1. The minimum atomic E-state index is -0.600. The van der Waals surface area contributed by atoms with Crippen LogP contribution in [0.15, 0.2) is 48.5 Å². The van der Waals surface area contributed by atoms with E-state index in [-0.39, 0.29) is 23.5 Å². The predicted octanol–water partition coefficient (Wildman–Crippen LogP) is 4.05. The van der Waals surface area contributed by atoms with E-state index in [1.165, 1.54) is 11.6 Å². The van der Waals surface area contributed by atoms with Crippen molar-refractivity contribution in [2.45, 2.75) is 39.7 Å². The number of rotatable bonds is 6. The van der Waals surface area contributed by atoms with Crippen molar-refractivity contribution >= 4 is 17.5 Å². The van der Waals surface area contributed by atoms with Gasteiger partial charge < -0.3 is 15.1 Å². The van der Waals surface area contributed by atoms with Gasteiger partial charge in [0.05, 0.1) is 5.69 Å². The van der Waals surface area contributed by atoms with E-state index < -0.39 is 6.04 Å². The first-order valence-electron chi connectivity index (χ1n) is 11.0. The SMILES string of the molecule is CC(C)c1ccc(C(=O)N[C@H](C(=O)N2CCN(c3ccccc3F)CC2)C(C)C)cc1. The van der Waals surface area contributed by atoms with E-state index in [9.17, 15) is 14.0 Å². The summed E-state index contributed by atoms with van der Waals surface area (Å²) in [6.45, 7) is 10.2. The molecule has 1 atom stereocenters.